The third kappa shape index (κ3) is 21.8. The third-order valence-corrected chi connectivity index (χ3v) is 14.5. The minimum Gasteiger partial charge on any atom is -0.458 e. The van der Waals surface area contributed by atoms with Crippen LogP contribution in [0.2, 0.25) is 0 Å². The number of hydrogen-bond acceptors (Lipinski definition) is 14. The Hall–Kier alpha value is -7.73. The molecule has 10 amide bonds. The molecule has 0 aliphatic carbocycles. The molecule has 0 unspecified atom stereocenters. The molecule has 2 fully saturated rings. The van der Waals surface area contributed by atoms with E-state index in [-0.39, 0.29) is 76.4 Å². The van der Waals surface area contributed by atoms with Crippen molar-refractivity contribution in [2.24, 2.45) is 29.2 Å². The Labute approximate surface area is 493 Å². The van der Waals surface area contributed by atoms with Crippen LogP contribution in [0.5, 0.6) is 0 Å². The number of aryl methyl sites for hydroxylation is 1. The number of benzene rings is 2. The number of nitrogens with two attached hydrogens (primary N) is 2. The van der Waals surface area contributed by atoms with E-state index in [1.807, 2.05) is 32.9 Å². The topological polar surface area (TPSA) is 361 Å². The number of carbonyl (C=O) groups excluding carboxylic acids is 11. The monoisotopic (exact) mass is 1170 g/mol. The fourth-order valence-electron chi connectivity index (χ4n) is 9.75. The van der Waals surface area contributed by atoms with Gasteiger partial charge in [0.15, 0.2) is 0 Å². The van der Waals surface area contributed by atoms with Crippen LogP contribution in [0.25, 0.3) is 6.08 Å². The molecule has 13 N–H and O–H groups in total. The maximum absolute atomic E-state index is 14.9. The zero-order chi connectivity index (χ0) is 62.2. The molecule has 10 atom stereocenters. The number of amides is 10. The Bertz CT molecular complexity index is 2630. The van der Waals surface area contributed by atoms with Crippen molar-refractivity contribution in [3.63, 3.8) is 0 Å². The molecule has 2 heterocycles. The summed E-state index contributed by atoms with van der Waals surface area (Å²) in [6.07, 6.45) is 2.53. The fourth-order valence-corrected chi connectivity index (χ4v) is 9.75. The second kappa shape index (κ2) is 34.1. The lowest BCUT2D eigenvalue weighted by atomic mass is 9.98. The first-order chi connectivity index (χ1) is 39.8. The highest BCUT2D eigenvalue weighted by Gasteiger charge is 2.40. The van der Waals surface area contributed by atoms with Crippen LogP contribution < -0.4 is 59.3 Å². The first-order valence-corrected chi connectivity index (χ1v) is 29.2. The van der Waals surface area contributed by atoms with Gasteiger partial charge in [0.1, 0.15) is 60.5 Å². The van der Waals surface area contributed by atoms with Gasteiger partial charge in [0, 0.05) is 19.0 Å². The van der Waals surface area contributed by atoms with Crippen molar-refractivity contribution >= 4 is 71.1 Å². The molecule has 24 nitrogen and oxygen atoms in total. The van der Waals surface area contributed by atoms with Crippen LogP contribution in [0.15, 0.2) is 60.7 Å². The van der Waals surface area contributed by atoms with Crippen LogP contribution in [0.1, 0.15) is 123 Å². The molecule has 0 bridgehead atoms. The molecule has 4 rings (SSSR count). The van der Waals surface area contributed by atoms with Crippen LogP contribution in [-0.4, -0.2) is 157 Å². The lowest BCUT2D eigenvalue weighted by Gasteiger charge is -2.30. The van der Waals surface area contributed by atoms with Crippen molar-refractivity contribution in [2.45, 2.75) is 181 Å². The summed E-state index contributed by atoms with van der Waals surface area (Å²) in [5.74, 6) is -9.59. The van der Waals surface area contributed by atoms with Gasteiger partial charge in [0.05, 0.1) is 6.54 Å². The second-order valence-electron chi connectivity index (χ2n) is 22.9. The van der Waals surface area contributed by atoms with Crippen molar-refractivity contribution in [2.75, 3.05) is 26.2 Å². The van der Waals surface area contributed by atoms with Gasteiger partial charge < -0.3 is 69.0 Å². The fraction of sp³-hybridized carbons (Fsp3) is 0.583. The van der Waals surface area contributed by atoms with Gasteiger partial charge in [-0.2, -0.15) is 0 Å². The van der Waals surface area contributed by atoms with Gasteiger partial charge in [-0.3, -0.25) is 47.9 Å². The molecule has 2 aromatic carbocycles. The number of ether oxygens (including phenoxy) is 1. The Morgan fingerprint density at radius 1 is 0.643 bits per heavy atom. The number of hydrogen-bond donors (Lipinski definition) is 11. The number of nitrogens with one attached hydrogen (secondary N) is 9. The molecule has 0 radical (unpaired) electrons. The summed E-state index contributed by atoms with van der Waals surface area (Å²) >= 11 is 0. The average Bonchev–Trinajstić information content (AvgIpc) is 4.15. The van der Waals surface area contributed by atoms with Crippen LogP contribution in [0.4, 0.5) is 0 Å². The predicted octanol–water partition coefficient (Wildman–Crippen LogP) is 0.428. The highest BCUT2D eigenvalue weighted by atomic mass is 16.5. The third-order valence-electron chi connectivity index (χ3n) is 14.5. The summed E-state index contributed by atoms with van der Waals surface area (Å²) in [4.78, 5) is 157. The summed E-state index contributed by atoms with van der Waals surface area (Å²) in [6.45, 7) is 15.1. The van der Waals surface area contributed by atoms with Crippen molar-refractivity contribution in [1.82, 2.24) is 52.8 Å². The highest BCUT2D eigenvalue weighted by molar-refractivity contribution is 6.00. The van der Waals surface area contributed by atoms with Crippen LogP contribution in [0, 0.1) is 24.7 Å². The van der Waals surface area contributed by atoms with E-state index in [0.29, 0.717) is 24.0 Å². The minimum atomic E-state index is -1.68. The molecular weight excluding hydrogens is 1080 g/mol. The maximum atomic E-state index is 14.9. The molecule has 2 aliphatic heterocycles. The number of rotatable bonds is 16. The standard InChI is InChI=1S/C60H90N12O12/c1-34(2)30-44-56(79)71-50(36(5)6)58(81)64-38(8)52(75)65-42(22-15-27-61)53(76)63-33-49(74)72-29-17-24-47(72)57(80)66-43(23-16-28-62)54(77)69-46(31-35(3)4)60(83)84-39(9)51(70-48(73)26-25-41-21-14-13-18-37(41)7)59(82)68-45(55(78)67-44)32-40-19-11-10-12-20-40/h10-14,18-21,25-26,34-36,38-39,42-47,50-51H,15-17,22-24,27-33,61-62H2,1-9H3,(H,63,76)(H,64,81)(H,65,75)(H,66,80)(H,67,78)(H,68,82)(H,69,77)(H,70,73)(H,71,79)/b26-25+/t38-,39-,42+,43-,44+,45-,46-,47-,50-,51-/m0/s1. The lowest BCUT2D eigenvalue weighted by molar-refractivity contribution is -0.156. The van der Waals surface area contributed by atoms with Crippen LogP contribution in [0.3, 0.4) is 0 Å². The zero-order valence-corrected chi connectivity index (χ0v) is 50.0. The van der Waals surface area contributed by atoms with Crippen LogP contribution in [-0.2, 0) is 63.9 Å². The quantitative estimate of drug-likeness (QED) is 0.0803. The first-order valence-electron chi connectivity index (χ1n) is 29.2. The Balaban J connectivity index is 1.82. The number of esters is 1. The second-order valence-corrected chi connectivity index (χ2v) is 22.9. The number of nitrogens with zero attached hydrogens (tertiary/aromatic N) is 1. The molecule has 462 valence electrons. The van der Waals surface area contributed by atoms with E-state index < -0.39 is 138 Å². The number of cyclic esters (lactones) is 1. The van der Waals surface area contributed by atoms with E-state index >= 15 is 0 Å². The smallest absolute Gasteiger partial charge is 0.328 e. The van der Waals surface area contributed by atoms with Crippen molar-refractivity contribution in [3.8, 4) is 0 Å². The van der Waals surface area contributed by atoms with E-state index in [1.165, 1.54) is 24.8 Å². The van der Waals surface area contributed by atoms with Gasteiger partial charge in [-0.05, 0) is 126 Å². The summed E-state index contributed by atoms with van der Waals surface area (Å²) in [5, 5.41) is 24.2. The van der Waals surface area contributed by atoms with Crippen molar-refractivity contribution in [1.29, 1.82) is 0 Å². The number of carbonyl (C=O) groups is 11. The molecule has 24 heteroatoms. The zero-order valence-electron chi connectivity index (χ0n) is 50.0. The molecular formula is C60H90N12O12. The normalized spacial score (nSPS) is 25.5. The first kappa shape index (κ1) is 68.8. The SMILES string of the molecule is Cc1ccccc1/C=C/C(=O)N[C@@H]1C(=O)N[C@@H](Cc2ccccc2)C(=O)N[C@H](CC(C)C)C(=O)N[C@@H](C(C)C)C(=O)N[C@@H](C)C(=O)N[C@H](CCCN)C(=O)NCC(=O)N2CCC[C@H]2C(=O)N[C@@H](CCCN)C(=O)N[C@@H](CC(C)C)C(=O)O[C@H]1C. The van der Waals surface area contributed by atoms with Crippen molar-refractivity contribution in [3.05, 3.63) is 77.4 Å². The summed E-state index contributed by atoms with van der Waals surface area (Å²) in [5.41, 5.74) is 13.8. The van der Waals surface area contributed by atoms with E-state index in [4.69, 9.17) is 16.2 Å². The lowest BCUT2D eigenvalue weighted by Crippen LogP contribution is -2.61. The summed E-state index contributed by atoms with van der Waals surface area (Å²) in [7, 11) is 0. The van der Waals surface area contributed by atoms with E-state index in [9.17, 15) is 52.7 Å². The maximum Gasteiger partial charge on any atom is 0.328 e. The van der Waals surface area contributed by atoms with E-state index in [2.05, 4.69) is 47.9 Å². The van der Waals surface area contributed by atoms with Gasteiger partial charge >= 0.3 is 5.97 Å². The van der Waals surface area contributed by atoms with E-state index in [1.54, 1.807) is 76.2 Å². The molecule has 0 saturated carbocycles. The minimum absolute atomic E-state index is 0.0245. The number of fused-ring (bicyclic) bond motifs is 1. The molecule has 2 aliphatic rings. The Kier molecular flexibility index (Phi) is 28.0. The van der Waals surface area contributed by atoms with Gasteiger partial charge in [-0.25, -0.2) is 4.79 Å². The highest BCUT2D eigenvalue weighted by Crippen LogP contribution is 2.20. The Morgan fingerprint density at radius 3 is 1.81 bits per heavy atom. The molecule has 0 spiro atoms. The van der Waals surface area contributed by atoms with Crippen molar-refractivity contribution < 1.29 is 57.5 Å². The largest absolute Gasteiger partial charge is 0.458 e. The van der Waals surface area contributed by atoms with Gasteiger partial charge in [-0.1, -0.05) is 96.1 Å². The molecule has 2 aromatic rings. The van der Waals surface area contributed by atoms with Crippen LogP contribution >= 0.6 is 0 Å². The van der Waals surface area contributed by atoms with E-state index in [0.717, 1.165) is 5.56 Å². The summed E-state index contributed by atoms with van der Waals surface area (Å²) in [6, 6.07) is 4.16. The molecule has 0 aromatic heterocycles. The summed E-state index contributed by atoms with van der Waals surface area (Å²) < 4.78 is 5.98. The Morgan fingerprint density at radius 2 is 1.19 bits per heavy atom. The average molecular weight is 1170 g/mol. The molecule has 84 heavy (non-hydrogen) atoms. The van der Waals surface area contributed by atoms with Gasteiger partial charge in [-0.15, -0.1) is 0 Å². The van der Waals surface area contributed by atoms with Gasteiger partial charge in [0.25, 0.3) is 0 Å². The molecule has 2 saturated heterocycles. The van der Waals surface area contributed by atoms with Gasteiger partial charge in [0.2, 0.25) is 59.1 Å². The predicted molar refractivity (Wildman–Crippen MR) is 315 cm³/mol.